The summed E-state index contributed by atoms with van der Waals surface area (Å²) in [7, 11) is 0. The van der Waals surface area contributed by atoms with Gasteiger partial charge in [-0.05, 0) is 100 Å². The van der Waals surface area contributed by atoms with Crippen molar-refractivity contribution in [2.75, 3.05) is 11.5 Å². The molecule has 0 saturated heterocycles. The van der Waals surface area contributed by atoms with Crippen LogP contribution in [0.15, 0.2) is 120 Å². The highest BCUT2D eigenvalue weighted by molar-refractivity contribution is 5.97. The van der Waals surface area contributed by atoms with Gasteiger partial charge in [-0.1, -0.05) is 104 Å². The van der Waals surface area contributed by atoms with Gasteiger partial charge >= 0.3 is 0 Å². The lowest BCUT2D eigenvalue weighted by Gasteiger charge is -2.39. The van der Waals surface area contributed by atoms with Crippen molar-refractivity contribution in [2.45, 2.75) is 50.4 Å². The van der Waals surface area contributed by atoms with Gasteiger partial charge in [-0.2, -0.15) is 0 Å². The summed E-state index contributed by atoms with van der Waals surface area (Å²) < 4.78 is 0. The molecule has 4 aliphatic rings. The van der Waals surface area contributed by atoms with Crippen LogP contribution in [0.4, 0.5) is 11.4 Å². The SMILES string of the molecule is CC1(C)c2cc(-c3cc(N)c4c(c3)C(C3=CC=CCC3)(c3ccccc3)C3=C4C=CCC3)ccc2-c2c(N)cccc21. The van der Waals surface area contributed by atoms with E-state index in [1.165, 1.54) is 66.8 Å². The number of allylic oxidation sites excluding steroid dienone is 8. The van der Waals surface area contributed by atoms with E-state index in [1.807, 2.05) is 6.07 Å². The van der Waals surface area contributed by atoms with Gasteiger partial charge in [-0.15, -0.1) is 0 Å². The number of anilines is 2. The molecule has 1 atom stereocenters. The van der Waals surface area contributed by atoms with Gasteiger partial charge in [0.15, 0.2) is 0 Å². The van der Waals surface area contributed by atoms with Crippen molar-refractivity contribution in [3.63, 3.8) is 0 Å². The third-order valence-corrected chi connectivity index (χ3v) is 10.2. The van der Waals surface area contributed by atoms with E-state index in [0.717, 1.165) is 37.1 Å². The zero-order chi connectivity index (χ0) is 28.6. The number of nitrogens with two attached hydrogens (primary N) is 2. The number of rotatable bonds is 3. The Morgan fingerprint density at radius 2 is 1.48 bits per heavy atom. The van der Waals surface area contributed by atoms with Gasteiger partial charge in [0.05, 0.1) is 5.41 Å². The van der Waals surface area contributed by atoms with Gasteiger partial charge in [-0.3, -0.25) is 0 Å². The lowest BCUT2D eigenvalue weighted by atomic mass is 9.63. The highest BCUT2D eigenvalue weighted by atomic mass is 14.6. The van der Waals surface area contributed by atoms with Gasteiger partial charge in [0.1, 0.15) is 0 Å². The van der Waals surface area contributed by atoms with Crippen molar-refractivity contribution in [2.24, 2.45) is 0 Å². The molecule has 0 amide bonds. The Morgan fingerprint density at radius 1 is 0.667 bits per heavy atom. The van der Waals surface area contributed by atoms with Crippen LogP contribution < -0.4 is 11.5 Å². The Labute approximate surface area is 248 Å². The number of hydrogen-bond donors (Lipinski definition) is 2. The Kier molecular flexibility index (Phi) is 5.37. The third kappa shape index (κ3) is 3.27. The second kappa shape index (κ2) is 8.97. The summed E-state index contributed by atoms with van der Waals surface area (Å²) in [5.74, 6) is 0. The Balaban J connectivity index is 1.38. The van der Waals surface area contributed by atoms with Crippen LogP contribution >= 0.6 is 0 Å². The molecule has 4 aromatic rings. The van der Waals surface area contributed by atoms with Crippen LogP contribution in [-0.2, 0) is 10.8 Å². The molecule has 4 N–H and O–H groups in total. The average Bonchev–Trinajstić information content (AvgIpc) is 3.45. The molecule has 2 heteroatoms. The first kappa shape index (κ1) is 25.2. The molecule has 2 nitrogen and oxygen atoms in total. The first-order valence-electron chi connectivity index (χ1n) is 15.2. The molecular weight excluding hydrogens is 508 g/mol. The average molecular weight is 545 g/mol. The molecule has 0 bridgehead atoms. The summed E-state index contributed by atoms with van der Waals surface area (Å²) in [6.07, 6.45) is 15.8. The second-order valence-electron chi connectivity index (χ2n) is 12.8. The first-order valence-corrected chi connectivity index (χ1v) is 15.2. The fourth-order valence-corrected chi connectivity index (χ4v) is 8.36. The molecule has 1 unspecified atom stereocenters. The minimum atomic E-state index is -0.313. The van der Waals surface area contributed by atoms with E-state index in [-0.39, 0.29) is 10.8 Å². The van der Waals surface area contributed by atoms with Gasteiger partial charge < -0.3 is 11.5 Å². The summed E-state index contributed by atoms with van der Waals surface area (Å²) >= 11 is 0. The predicted molar refractivity (Wildman–Crippen MR) is 177 cm³/mol. The minimum Gasteiger partial charge on any atom is -0.398 e. The van der Waals surface area contributed by atoms with E-state index in [0.29, 0.717) is 0 Å². The normalized spacial score (nSPS) is 21.0. The van der Waals surface area contributed by atoms with Crippen LogP contribution in [-0.4, -0.2) is 0 Å². The number of hydrogen-bond acceptors (Lipinski definition) is 2. The standard InChI is InChI=1S/C40H36N2/c1-39(2)32-18-11-19-35(41)37(32)30-21-20-25(22-33(30)39)26-23-34-38(36(42)24-26)29-16-9-10-17-31(29)40(34,27-12-5-3-6-13-27)28-14-7-4-8-15-28/h3-7,9,11-14,16,18-24H,8,10,15,17,41-42H2,1-2H3. The van der Waals surface area contributed by atoms with E-state index in [2.05, 4.69) is 117 Å². The Hall–Kier alpha value is -4.56. The topological polar surface area (TPSA) is 52.0 Å². The van der Waals surface area contributed by atoms with Crippen molar-refractivity contribution in [3.8, 4) is 22.3 Å². The lowest BCUT2D eigenvalue weighted by Crippen LogP contribution is -2.32. The quantitative estimate of drug-likeness (QED) is 0.252. The molecule has 0 fully saturated rings. The molecule has 0 aliphatic heterocycles. The van der Waals surface area contributed by atoms with Gasteiger partial charge in [0, 0.05) is 27.9 Å². The van der Waals surface area contributed by atoms with Crippen LogP contribution in [0, 0.1) is 0 Å². The molecule has 8 rings (SSSR count). The summed E-state index contributed by atoms with van der Waals surface area (Å²) in [4.78, 5) is 0. The smallest absolute Gasteiger partial charge is 0.0640 e. The third-order valence-electron chi connectivity index (χ3n) is 10.2. The van der Waals surface area contributed by atoms with Crippen molar-refractivity contribution in [3.05, 3.63) is 148 Å². The number of benzene rings is 4. The highest BCUT2D eigenvalue weighted by Crippen LogP contribution is 2.60. The summed E-state index contributed by atoms with van der Waals surface area (Å²) in [5, 5.41) is 0. The van der Waals surface area contributed by atoms with Crippen molar-refractivity contribution in [1.82, 2.24) is 0 Å². The van der Waals surface area contributed by atoms with E-state index in [4.69, 9.17) is 11.5 Å². The Bertz CT molecular complexity index is 1910. The highest BCUT2D eigenvalue weighted by Gasteiger charge is 2.49. The molecule has 4 aromatic carbocycles. The maximum atomic E-state index is 7.08. The van der Waals surface area contributed by atoms with Crippen LogP contribution in [0.2, 0.25) is 0 Å². The van der Waals surface area contributed by atoms with Crippen LogP contribution in [0.3, 0.4) is 0 Å². The summed E-state index contributed by atoms with van der Waals surface area (Å²) in [5.41, 5.74) is 30.4. The van der Waals surface area contributed by atoms with Crippen LogP contribution in [0.1, 0.15) is 67.3 Å². The molecule has 0 spiro atoms. The fraction of sp³-hybridized carbons (Fsp3) is 0.200. The van der Waals surface area contributed by atoms with E-state index < -0.39 is 0 Å². The number of fused-ring (bicyclic) bond motifs is 5. The number of nitrogen functional groups attached to an aromatic ring is 2. The minimum absolute atomic E-state index is 0.128. The second-order valence-corrected chi connectivity index (χ2v) is 12.8. The largest absolute Gasteiger partial charge is 0.398 e. The van der Waals surface area contributed by atoms with Crippen molar-refractivity contribution < 1.29 is 0 Å². The molecular formula is C40H36N2. The van der Waals surface area contributed by atoms with Crippen LogP contribution in [0.5, 0.6) is 0 Å². The monoisotopic (exact) mass is 544 g/mol. The summed E-state index contributed by atoms with van der Waals surface area (Å²) in [6, 6.07) is 29.0. The van der Waals surface area contributed by atoms with Gasteiger partial charge in [0.2, 0.25) is 0 Å². The van der Waals surface area contributed by atoms with Crippen molar-refractivity contribution >= 4 is 16.9 Å². The molecule has 4 aliphatic carbocycles. The van der Waals surface area contributed by atoms with Gasteiger partial charge in [0.25, 0.3) is 0 Å². The van der Waals surface area contributed by atoms with E-state index >= 15 is 0 Å². The first-order chi connectivity index (χ1) is 20.4. The molecule has 0 radical (unpaired) electrons. The zero-order valence-corrected chi connectivity index (χ0v) is 24.4. The predicted octanol–water partition coefficient (Wildman–Crippen LogP) is 9.50. The maximum absolute atomic E-state index is 7.08. The molecule has 42 heavy (non-hydrogen) atoms. The lowest BCUT2D eigenvalue weighted by molar-refractivity contribution is 0.645. The molecule has 0 heterocycles. The zero-order valence-electron chi connectivity index (χ0n) is 24.4. The molecule has 0 saturated carbocycles. The van der Waals surface area contributed by atoms with Crippen LogP contribution in [0.25, 0.3) is 27.8 Å². The molecule has 0 aromatic heterocycles. The fourth-order valence-electron chi connectivity index (χ4n) is 8.36. The maximum Gasteiger partial charge on any atom is 0.0640 e. The summed E-state index contributed by atoms with van der Waals surface area (Å²) in [6.45, 7) is 4.62. The van der Waals surface area contributed by atoms with Crippen molar-refractivity contribution in [1.29, 1.82) is 0 Å². The van der Waals surface area contributed by atoms with E-state index in [9.17, 15) is 0 Å². The molecule has 206 valence electrons. The Morgan fingerprint density at radius 3 is 2.29 bits per heavy atom. The van der Waals surface area contributed by atoms with E-state index in [1.54, 1.807) is 0 Å². The van der Waals surface area contributed by atoms with Gasteiger partial charge in [-0.25, -0.2) is 0 Å².